The first-order chi connectivity index (χ1) is 12.0. The highest BCUT2D eigenvalue weighted by molar-refractivity contribution is 6.00. The van der Waals surface area contributed by atoms with E-state index >= 15 is 0 Å². The summed E-state index contributed by atoms with van der Waals surface area (Å²) in [6, 6.07) is 13.4. The van der Waals surface area contributed by atoms with Crippen molar-refractivity contribution in [2.45, 2.75) is 32.8 Å². The Balaban J connectivity index is 1.66. The lowest BCUT2D eigenvalue weighted by atomic mass is 10.0. The highest BCUT2D eigenvalue weighted by Crippen LogP contribution is 2.35. The minimum absolute atomic E-state index is 0.0534. The van der Waals surface area contributed by atoms with E-state index in [1.165, 1.54) is 11.1 Å². The van der Waals surface area contributed by atoms with Crippen molar-refractivity contribution in [2.75, 3.05) is 17.3 Å². The number of fused-ring (bicyclic) bond motifs is 1. The topological polar surface area (TPSA) is 58.6 Å². The first-order valence-electron chi connectivity index (χ1n) is 8.38. The molecule has 1 N–H and O–H groups in total. The van der Waals surface area contributed by atoms with Crippen LogP contribution >= 0.6 is 0 Å². The van der Waals surface area contributed by atoms with Crippen LogP contribution in [0.4, 0.5) is 11.4 Å². The molecule has 0 aromatic heterocycles. The van der Waals surface area contributed by atoms with Gasteiger partial charge in [-0.1, -0.05) is 24.3 Å². The predicted octanol–water partition coefficient (Wildman–Crippen LogP) is 3.31. The number of nitrogens with one attached hydrogen (secondary N) is 1. The third-order valence-electron chi connectivity index (χ3n) is 4.47. The molecule has 1 aliphatic rings. The largest absolute Gasteiger partial charge is 0.479 e. The SMILES string of the molecule is Cc1ccccc1CCC(=O)Nc1ccc2c(c1)N(C)C(=O)C(C)O2. The van der Waals surface area contributed by atoms with Gasteiger partial charge in [-0.3, -0.25) is 9.59 Å². The van der Waals surface area contributed by atoms with Gasteiger partial charge in [0.05, 0.1) is 5.69 Å². The molecular weight excluding hydrogens is 316 g/mol. The molecule has 3 rings (SSSR count). The van der Waals surface area contributed by atoms with Gasteiger partial charge in [0, 0.05) is 19.2 Å². The fourth-order valence-electron chi connectivity index (χ4n) is 2.95. The number of benzene rings is 2. The average Bonchev–Trinajstić information content (AvgIpc) is 2.60. The lowest BCUT2D eigenvalue weighted by Gasteiger charge is -2.30. The second-order valence-electron chi connectivity index (χ2n) is 6.31. The number of aryl methyl sites for hydroxylation is 2. The first-order valence-corrected chi connectivity index (χ1v) is 8.38. The van der Waals surface area contributed by atoms with Crippen molar-refractivity contribution in [3.63, 3.8) is 0 Å². The zero-order valence-corrected chi connectivity index (χ0v) is 14.7. The van der Waals surface area contributed by atoms with E-state index in [4.69, 9.17) is 4.74 Å². The molecule has 130 valence electrons. The highest BCUT2D eigenvalue weighted by Gasteiger charge is 2.29. The molecule has 0 bridgehead atoms. The van der Waals surface area contributed by atoms with Crippen LogP contribution < -0.4 is 15.0 Å². The lowest BCUT2D eigenvalue weighted by molar-refractivity contribution is -0.125. The standard InChI is InChI=1S/C20H22N2O3/c1-13-6-4-5-7-15(13)8-11-19(23)21-16-9-10-18-17(12-16)22(3)20(24)14(2)25-18/h4-7,9-10,12,14H,8,11H2,1-3H3,(H,21,23). The van der Waals surface area contributed by atoms with Crippen LogP contribution in [-0.4, -0.2) is 25.0 Å². The van der Waals surface area contributed by atoms with Gasteiger partial charge in [0.25, 0.3) is 5.91 Å². The maximum Gasteiger partial charge on any atom is 0.267 e. The number of rotatable bonds is 4. The Hall–Kier alpha value is -2.82. The van der Waals surface area contributed by atoms with E-state index in [0.29, 0.717) is 30.0 Å². The van der Waals surface area contributed by atoms with Crippen molar-refractivity contribution < 1.29 is 14.3 Å². The van der Waals surface area contributed by atoms with Crippen molar-refractivity contribution in [1.82, 2.24) is 0 Å². The van der Waals surface area contributed by atoms with E-state index in [1.54, 1.807) is 37.1 Å². The van der Waals surface area contributed by atoms with Crippen LogP contribution in [-0.2, 0) is 16.0 Å². The molecule has 5 nitrogen and oxygen atoms in total. The van der Waals surface area contributed by atoms with E-state index in [2.05, 4.69) is 5.32 Å². The van der Waals surface area contributed by atoms with Crippen LogP contribution in [0.1, 0.15) is 24.5 Å². The minimum Gasteiger partial charge on any atom is -0.479 e. The smallest absolute Gasteiger partial charge is 0.267 e. The van der Waals surface area contributed by atoms with Gasteiger partial charge < -0.3 is 15.0 Å². The van der Waals surface area contributed by atoms with E-state index < -0.39 is 6.10 Å². The molecule has 0 saturated carbocycles. The minimum atomic E-state index is -0.493. The Morgan fingerprint density at radius 1 is 1.24 bits per heavy atom. The summed E-state index contributed by atoms with van der Waals surface area (Å²) in [4.78, 5) is 25.8. The van der Waals surface area contributed by atoms with E-state index in [1.807, 2.05) is 31.2 Å². The molecule has 1 aliphatic heterocycles. The number of nitrogens with zero attached hydrogens (tertiary/aromatic N) is 1. The molecule has 0 fully saturated rings. The number of carbonyl (C=O) groups excluding carboxylic acids is 2. The molecule has 1 atom stereocenters. The molecule has 1 heterocycles. The Labute approximate surface area is 147 Å². The lowest BCUT2D eigenvalue weighted by Crippen LogP contribution is -2.41. The summed E-state index contributed by atoms with van der Waals surface area (Å²) in [6.07, 6.45) is 0.610. The third kappa shape index (κ3) is 3.65. The van der Waals surface area contributed by atoms with E-state index in [0.717, 1.165) is 0 Å². The third-order valence-corrected chi connectivity index (χ3v) is 4.47. The number of anilines is 2. The molecule has 5 heteroatoms. The molecule has 2 aromatic carbocycles. The van der Waals surface area contributed by atoms with Gasteiger partial charge in [-0.15, -0.1) is 0 Å². The van der Waals surface area contributed by atoms with Crippen molar-refractivity contribution in [2.24, 2.45) is 0 Å². The molecule has 1 unspecified atom stereocenters. The molecule has 2 amide bonds. The Kier molecular flexibility index (Phi) is 4.74. The molecule has 0 spiro atoms. The van der Waals surface area contributed by atoms with E-state index in [-0.39, 0.29) is 11.8 Å². The van der Waals surface area contributed by atoms with Crippen LogP contribution in [0.3, 0.4) is 0 Å². The Bertz CT molecular complexity index is 816. The van der Waals surface area contributed by atoms with Gasteiger partial charge >= 0.3 is 0 Å². The second kappa shape index (κ2) is 6.97. The number of hydrogen-bond acceptors (Lipinski definition) is 3. The zero-order chi connectivity index (χ0) is 18.0. The van der Waals surface area contributed by atoms with Crippen molar-refractivity contribution >= 4 is 23.2 Å². The van der Waals surface area contributed by atoms with Crippen LogP contribution in [0.15, 0.2) is 42.5 Å². The predicted molar refractivity (Wildman–Crippen MR) is 98.1 cm³/mol. The zero-order valence-electron chi connectivity index (χ0n) is 14.7. The molecule has 2 aromatic rings. The van der Waals surface area contributed by atoms with Crippen LogP contribution in [0.25, 0.3) is 0 Å². The molecular formula is C20H22N2O3. The van der Waals surface area contributed by atoms with Gasteiger partial charge in [0.15, 0.2) is 6.10 Å². The summed E-state index contributed by atoms with van der Waals surface area (Å²) in [5.41, 5.74) is 3.69. The van der Waals surface area contributed by atoms with Crippen LogP contribution in [0.5, 0.6) is 5.75 Å². The number of ether oxygens (including phenoxy) is 1. The highest BCUT2D eigenvalue weighted by atomic mass is 16.5. The Morgan fingerprint density at radius 2 is 2.00 bits per heavy atom. The van der Waals surface area contributed by atoms with Crippen LogP contribution in [0.2, 0.25) is 0 Å². The number of carbonyl (C=O) groups is 2. The van der Waals surface area contributed by atoms with Crippen molar-refractivity contribution in [3.8, 4) is 5.75 Å². The van der Waals surface area contributed by atoms with Gasteiger partial charge in [0.2, 0.25) is 5.91 Å². The number of amides is 2. The summed E-state index contributed by atoms with van der Waals surface area (Å²) < 4.78 is 5.59. The second-order valence-corrected chi connectivity index (χ2v) is 6.31. The van der Waals surface area contributed by atoms with Gasteiger partial charge in [-0.2, -0.15) is 0 Å². The summed E-state index contributed by atoms with van der Waals surface area (Å²) in [5, 5.41) is 2.90. The number of hydrogen-bond donors (Lipinski definition) is 1. The molecule has 0 aliphatic carbocycles. The average molecular weight is 338 g/mol. The maximum absolute atomic E-state index is 12.2. The quantitative estimate of drug-likeness (QED) is 0.930. The fraction of sp³-hybridized carbons (Fsp3) is 0.300. The molecule has 0 radical (unpaired) electrons. The molecule has 0 saturated heterocycles. The fourth-order valence-corrected chi connectivity index (χ4v) is 2.95. The summed E-state index contributed by atoms with van der Waals surface area (Å²) in [6.45, 7) is 3.77. The summed E-state index contributed by atoms with van der Waals surface area (Å²) in [5.74, 6) is 0.491. The van der Waals surface area contributed by atoms with Gasteiger partial charge in [0.1, 0.15) is 5.75 Å². The van der Waals surface area contributed by atoms with Gasteiger partial charge in [-0.25, -0.2) is 0 Å². The first kappa shape index (κ1) is 17.0. The monoisotopic (exact) mass is 338 g/mol. The normalized spacial score (nSPS) is 16.2. The van der Waals surface area contributed by atoms with Crippen molar-refractivity contribution in [3.05, 3.63) is 53.6 Å². The number of likely N-dealkylation sites (N-methyl/N-ethyl adjacent to an activating group) is 1. The maximum atomic E-state index is 12.2. The summed E-state index contributed by atoms with van der Waals surface area (Å²) in [7, 11) is 1.71. The molecule has 25 heavy (non-hydrogen) atoms. The van der Waals surface area contributed by atoms with E-state index in [9.17, 15) is 9.59 Å². The van der Waals surface area contributed by atoms with Crippen LogP contribution in [0, 0.1) is 6.92 Å². The summed E-state index contributed by atoms with van der Waals surface area (Å²) >= 11 is 0. The van der Waals surface area contributed by atoms with Gasteiger partial charge in [-0.05, 0) is 49.6 Å². The van der Waals surface area contributed by atoms with Crippen molar-refractivity contribution in [1.29, 1.82) is 0 Å². The Morgan fingerprint density at radius 3 is 2.76 bits per heavy atom.